The topological polar surface area (TPSA) is 84.3 Å². The summed E-state index contributed by atoms with van der Waals surface area (Å²) in [6.45, 7) is 3.30. The molecule has 0 bridgehead atoms. The first kappa shape index (κ1) is 11.7. The minimum absolute atomic E-state index is 0.110. The Labute approximate surface area is 86.1 Å². The lowest BCUT2D eigenvalue weighted by Crippen LogP contribution is -2.33. The van der Waals surface area contributed by atoms with Crippen LogP contribution in [0.15, 0.2) is 15.8 Å². The molecule has 0 amide bonds. The summed E-state index contributed by atoms with van der Waals surface area (Å²) in [4.78, 5) is 24.6. The van der Waals surface area contributed by atoms with Crippen LogP contribution in [0.5, 0.6) is 0 Å². The van der Waals surface area contributed by atoms with Gasteiger partial charge in [-0.1, -0.05) is 0 Å². The molecular weight excluding hydrogens is 200 g/mol. The molecule has 1 aromatic heterocycles. The first-order chi connectivity index (χ1) is 7.06. The highest BCUT2D eigenvalue weighted by atomic mass is 16.5. The van der Waals surface area contributed by atoms with E-state index in [1.165, 1.54) is 10.8 Å². The van der Waals surface area contributed by atoms with Crippen LogP contribution in [0.3, 0.4) is 0 Å². The van der Waals surface area contributed by atoms with E-state index in [0.717, 1.165) is 0 Å². The van der Waals surface area contributed by atoms with Crippen molar-refractivity contribution in [2.75, 3.05) is 13.2 Å². The van der Waals surface area contributed by atoms with Crippen LogP contribution < -0.4 is 11.2 Å². The van der Waals surface area contributed by atoms with Gasteiger partial charge in [-0.2, -0.15) is 0 Å². The molecule has 6 heteroatoms. The van der Waals surface area contributed by atoms with Gasteiger partial charge in [0.05, 0.1) is 13.2 Å². The molecule has 0 saturated heterocycles. The second kappa shape index (κ2) is 4.90. The minimum atomic E-state index is -0.518. The van der Waals surface area contributed by atoms with Gasteiger partial charge in [0.2, 0.25) is 0 Å². The van der Waals surface area contributed by atoms with Crippen LogP contribution >= 0.6 is 0 Å². The molecule has 1 atom stereocenters. The molecule has 0 saturated carbocycles. The molecule has 0 fully saturated rings. The Morgan fingerprint density at radius 3 is 2.87 bits per heavy atom. The van der Waals surface area contributed by atoms with Crippen molar-refractivity contribution in [3.8, 4) is 0 Å². The summed E-state index contributed by atoms with van der Waals surface area (Å²) in [6.07, 6.45) is 0.920. The van der Waals surface area contributed by atoms with Crippen molar-refractivity contribution in [1.29, 1.82) is 0 Å². The summed E-state index contributed by atoms with van der Waals surface area (Å²) in [5, 5.41) is 8.56. The molecule has 1 heterocycles. The van der Waals surface area contributed by atoms with Crippen molar-refractivity contribution < 1.29 is 9.84 Å². The third-order valence-corrected chi connectivity index (χ3v) is 1.99. The zero-order chi connectivity index (χ0) is 11.4. The van der Waals surface area contributed by atoms with Gasteiger partial charge < -0.3 is 9.84 Å². The van der Waals surface area contributed by atoms with Gasteiger partial charge in [-0.15, -0.1) is 0 Å². The Kier molecular flexibility index (Phi) is 3.81. The molecule has 0 aliphatic rings. The molecule has 0 radical (unpaired) electrons. The van der Waals surface area contributed by atoms with Crippen molar-refractivity contribution in [3.05, 3.63) is 32.6 Å². The van der Waals surface area contributed by atoms with E-state index < -0.39 is 17.5 Å². The highest BCUT2D eigenvalue weighted by molar-refractivity contribution is 5.00. The van der Waals surface area contributed by atoms with Crippen molar-refractivity contribution >= 4 is 0 Å². The lowest BCUT2D eigenvalue weighted by atomic mass is 10.4. The third-order valence-electron chi connectivity index (χ3n) is 1.99. The fourth-order valence-electron chi connectivity index (χ4n) is 1.16. The Bertz CT molecular complexity index is 434. The maximum atomic E-state index is 11.4. The highest BCUT2D eigenvalue weighted by Crippen LogP contribution is 2.02. The maximum Gasteiger partial charge on any atom is 0.330 e. The summed E-state index contributed by atoms with van der Waals surface area (Å²) in [6, 6.07) is 0. The van der Waals surface area contributed by atoms with E-state index in [9.17, 15) is 9.59 Å². The number of ether oxygens (including phenoxy) is 1. The predicted octanol–water partition coefficient (Wildman–Crippen LogP) is -0.628. The number of rotatable bonds is 4. The Morgan fingerprint density at radius 1 is 1.60 bits per heavy atom. The van der Waals surface area contributed by atoms with Gasteiger partial charge in [0.1, 0.15) is 6.23 Å². The number of hydrogen-bond donors (Lipinski definition) is 2. The summed E-state index contributed by atoms with van der Waals surface area (Å²) in [5.74, 6) is 0. The van der Waals surface area contributed by atoms with E-state index in [-0.39, 0.29) is 13.2 Å². The van der Waals surface area contributed by atoms with E-state index in [1.54, 1.807) is 13.8 Å². The number of aromatic nitrogens is 2. The molecule has 0 aromatic carbocycles. The van der Waals surface area contributed by atoms with E-state index in [2.05, 4.69) is 4.98 Å². The third kappa shape index (κ3) is 2.77. The lowest BCUT2D eigenvalue weighted by Gasteiger charge is -2.15. The van der Waals surface area contributed by atoms with Crippen LogP contribution in [0.2, 0.25) is 0 Å². The van der Waals surface area contributed by atoms with Gasteiger partial charge in [-0.25, -0.2) is 4.79 Å². The molecule has 0 spiro atoms. The Morgan fingerprint density at radius 2 is 2.27 bits per heavy atom. The average Bonchev–Trinajstić information content (AvgIpc) is 2.20. The Hall–Kier alpha value is -1.40. The van der Waals surface area contributed by atoms with Gasteiger partial charge in [0.15, 0.2) is 0 Å². The molecule has 0 aliphatic carbocycles. The van der Waals surface area contributed by atoms with Crippen LogP contribution in [0.25, 0.3) is 0 Å². The van der Waals surface area contributed by atoms with Crippen LogP contribution in [0.1, 0.15) is 18.7 Å². The van der Waals surface area contributed by atoms with Crippen LogP contribution in [-0.4, -0.2) is 27.9 Å². The summed E-state index contributed by atoms with van der Waals surface area (Å²) < 4.78 is 6.41. The van der Waals surface area contributed by atoms with Crippen molar-refractivity contribution in [2.24, 2.45) is 0 Å². The number of hydrogen-bond acceptors (Lipinski definition) is 4. The van der Waals surface area contributed by atoms with Gasteiger partial charge in [0.25, 0.3) is 5.56 Å². The molecule has 1 aromatic rings. The normalized spacial score (nSPS) is 12.7. The smallest absolute Gasteiger partial charge is 0.330 e. The maximum absolute atomic E-state index is 11.4. The van der Waals surface area contributed by atoms with Gasteiger partial charge in [0, 0.05) is 11.8 Å². The molecule has 1 rings (SSSR count). The molecule has 84 valence electrons. The molecule has 2 N–H and O–H groups in total. The van der Waals surface area contributed by atoms with Crippen molar-refractivity contribution in [3.63, 3.8) is 0 Å². The first-order valence-electron chi connectivity index (χ1n) is 4.60. The number of H-pyrrole nitrogens is 1. The average molecular weight is 214 g/mol. The van der Waals surface area contributed by atoms with Crippen LogP contribution in [-0.2, 0) is 4.74 Å². The van der Waals surface area contributed by atoms with Gasteiger partial charge >= 0.3 is 5.69 Å². The SMILES string of the molecule is Cc1cn(C(C)OCCO)c(=O)[nH]c1=O. The summed E-state index contributed by atoms with van der Waals surface area (Å²) in [5.41, 5.74) is -0.476. The van der Waals surface area contributed by atoms with Crippen LogP contribution in [0.4, 0.5) is 0 Å². The lowest BCUT2D eigenvalue weighted by molar-refractivity contribution is -0.00580. The molecule has 0 aliphatic heterocycles. The largest absolute Gasteiger partial charge is 0.394 e. The fourth-order valence-corrected chi connectivity index (χ4v) is 1.16. The standard InChI is InChI=1S/C9H14N2O4/c1-6-5-11(7(2)15-4-3-12)9(14)10-8(6)13/h5,7,12H,3-4H2,1-2H3,(H,10,13,14). The number of aryl methyl sites for hydroxylation is 1. The van der Waals surface area contributed by atoms with Crippen LogP contribution in [0, 0.1) is 6.92 Å². The van der Waals surface area contributed by atoms with E-state index in [4.69, 9.17) is 9.84 Å². The number of aromatic amines is 1. The van der Waals surface area contributed by atoms with E-state index in [0.29, 0.717) is 5.56 Å². The van der Waals surface area contributed by atoms with Crippen molar-refractivity contribution in [2.45, 2.75) is 20.1 Å². The molecule has 6 nitrogen and oxygen atoms in total. The number of nitrogens with zero attached hydrogens (tertiary/aromatic N) is 1. The van der Waals surface area contributed by atoms with Gasteiger partial charge in [-0.3, -0.25) is 14.3 Å². The van der Waals surface area contributed by atoms with Crippen molar-refractivity contribution in [1.82, 2.24) is 9.55 Å². The summed E-state index contributed by atoms with van der Waals surface area (Å²) >= 11 is 0. The quantitative estimate of drug-likeness (QED) is 0.699. The zero-order valence-corrected chi connectivity index (χ0v) is 8.69. The predicted molar refractivity (Wildman–Crippen MR) is 53.8 cm³/mol. The van der Waals surface area contributed by atoms with E-state index in [1.807, 2.05) is 0 Å². The second-order valence-corrected chi connectivity index (χ2v) is 3.17. The second-order valence-electron chi connectivity index (χ2n) is 3.17. The summed E-state index contributed by atoms with van der Waals surface area (Å²) in [7, 11) is 0. The van der Waals surface area contributed by atoms with Gasteiger partial charge in [-0.05, 0) is 13.8 Å². The minimum Gasteiger partial charge on any atom is -0.394 e. The Balaban J connectivity index is 2.99. The monoisotopic (exact) mass is 214 g/mol. The highest BCUT2D eigenvalue weighted by Gasteiger charge is 2.08. The number of aliphatic hydroxyl groups excluding tert-OH is 1. The number of nitrogens with one attached hydrogen (secondary N) is 1. The van der Waals surface area contributed by atoms with E-state index >= 15 is 0 Å². The molecule has 15 heavy (non-hydrogen) atoms. The molecular formula is C9H14N2O4. The number of aliphatic hydroxyl groups is 1. The fraction of sp³-hybridized carbons (Fsp3) is 0.556. The molecule has 1 unspecified atom stereocenters. The first-order valence-corrected chi connectivity index (χ1v) is 4.60. The zero-order valence-electron chi connectivity index (χ0n) is 8.69.